The monoisotopic (exact) mass is 319 g/mol. The molecule has 5 heteroatoms. The Morgan fingerprint density at radius 3 is 2.32 bits per heavy atom. The number of hydrogen-bond acceptors (Lipinski definition) is 2. The summed E-state index contributed by atoms with van der Waals surface area (Å²) in [4.78, 5) is 3.52. The molecule has 1 nitrogen and oxygen atoms in total. The van der Waals surface area contributed by atoms with E-state index in [0.29, 0.717) is 5.56 Å². The van der Waals surface area contributed by atoms with Gasteiger partial charge in [-0.1, -0.05) is 24.3 Å². The van der Waals surface area contributed by atoms with Crippen LogP contribution in [0.4, 0.5) is 13.2 Å². The summed E-state index contributed by atoms with van der Waals surface area (Å²) in [6, 6.07) is 10.6. The Bertz CT molecular complexity index is 791. The van der Waals surface area contributed by atoms with Crippen LogP contribution in [-0.4, -0.2) is 4.98 Å². The van der Waals surface area contributed by atoms with Gasteiger partial charge in [-0.25, -0.2) is 0 Å². The zero-order valence-corrected chi connectivity index (χ0v) is 12.5. The second-order valence-electron chi connectivity index (χ2n) is 4.92. The lowest BCUT2D eigenvalue weighted by Gasteiger charge is -2.10. The van der Waals surface area contributed by atoms with Crippen molar-refractivity contribution in [3.05, 3.63) is 64.6 Å². The van der Waals surface area contributed by atoms with Gasteiger partial charge in [0, 0.05) is 18.0 Å². The van der Waals surface area contributed by atoms with Gasteiger partial charge in [-0.2, -0.15) is 13.2 Å². The maximum atomic E-state index is 12.8. The highest BCUT2D eigenvalue weighted by molar-refractivity contribution is 7.10. The standard InChI is InChI=1S/C17H12F3NS/c1-11-14(12-4-3-7-21-9-12)5-2-6-15(11)13-8-16(22-10-13)17(18,19)20/h2-10H,1H3. The van der Waals surface area contributed by atoms with Crippen molar-refractivity contribution in [2.24, 2.45) is 0 Å². The number of nitrogens with zero attached hydrogens (tertiary/aromatic N) is 1. The Morgan fingerprint density at radius 2 is 1.73 bits per heavy atom. The normalized spacial score (nSPS) is 11.6. The molecule has 0 saturated carbocycles. The van der Waals surface area contributed by atoms with E-state index < -0.39 is 11.1 Å². The van der Waals surface area contributed by atoms with Gasteiger partial charge >= 0.3 is 6.18 Å². The molecule has 0 spiro atoms. The highest BCUT2D eigenvalue weighted by Gasteiger charge is 2.32. The molecule has 0 aliphatic carbocycles. The van der Waals surface area contributed by atoms with E-state index in [-0.39, 0.29) is 0 Å². The number of halogens is 3. The number of pyridine rings is 1. The summed E-state index contributed by atoms with van der Waals surface area (Å²) in [5.74, 6) is 0. The molecule has 3 rings (SSSR count). The van der Waals surface area contributed by atoms with Gasteiger partial charge in [0.25, 0.3) is 0 Å². The molecule has 0 radical (unpaired) electrons. The van der Waals surface area contributed by atoms with Crippen molar-refractivity contribution in [2.75, 3.05) is 0 Å². The fraction of sp³-hybridized carbons (Fsp3) is 0.118. The molecule has 0 saturated heterocycles. The lowest BCUT2D eigenvalue weighted by molar-refractivity contribution is -0.134. The maximum absolute atomic E-state index is 12.8. The Kier molecular flexibility index (Phi) is 3.74. The molecular weight excluding hydrogens is 307 g/mol. The van der Waals surface area contributed by atoms with Crippen molar-refractivity contribution >= 4 is 11.3 Å². The summed E-state index contributed by atoms with van der Waals surface area (Å²) in [6.07, 6.45) is -0.851. The van der Waals surface area contributed by atoms with E-state index in [1.54, 1.807) is 17.8 Å². The maximum Gasteiger partial charge on any atom is 0.425 e. The lowest BCUT2D eigenvalue weighted by atomic mass is 9.94. The molecule has 112 valence electrons. The number of hydrogen-bond donors (Lipinski definition) is 0. The van der Waals surface area contributed by atoms with Crippen LogP contribution in [0.2, 0.25) is 0 Å². The second-order valence-corrected chi connectivity index (χ2v) is 5.83. The van der Waals surface area contributed by atoms with Crippen molar-refractivity contribution < 1.29 is 13.2 Å². The molecule has 1 aromatic carbocycles. The van der Waals surface area contributed by atoms with Crippen molar-refractivity contribution in [3.63, 3.8) is 0 Å². The SMILES string of the molecule is Cc1c(-c2cccnc2)cccc1-c1csc(C(F)(F)F)c1. The van der Waals surface area contributed by atoms with E-state index in [4.69, 9.17) is 0 Å². The quantitative estimate of drug-likeness (QED) is 0.581. The van der Waals surface area contributed by atoms with Gasteiger partial charge in [0.05, 0.1) is 0 Å². The van der Waals surface area contributed by atoms with Crippen LogP contribution in [0.1, 0.15) is 10.4 Å². The molecule has 2 aromatic heterocycles. The Morgan fingerprint density at radius 1 is 1.00 bits per heavy atom. The smallest absolute Gasteiger partial charge is 0.264 e. The Labute approximate surface area is 130 Å². The average Bonchev–Trinajstić information content (AvgIpc) is 2.98. The zero-order chi connectivity index (χ0) is 15.7. The third kappa shape index (κ3) is 2.76. The van der Waals surface area contributed by atoms with Crippen LogP contribution in [-0.2, 0) is 6.18 Å². The molecule has 0 bridgehead atoms. The van der Waals surface area contributed by atoms with Crippen LogP contribution < -0.4 is 0 Å². The van der Waals surface area contributed by atoms with E-state index in [1.807, 2.05) is 37.3 Å². The predicted octanol–water partition coefficient (Wildman–Crippen LogP) is 5.80. The van der Waals surface area contributed by atoms with Crippen molar-refractivity contribution in [1.82, 2.24) is 4.98 Å². The molecule has 0 aliphatic heterocycles. The van der Waals surface area contributed by atoms with Crippen LogP contribution in [0.15, 0.2) is 54.2 Å². The van der Waals surface area contributed by atoms with Gasteiger partial charge in [-0.3, -0.25) is 4.98 Å². The summed E-state index contributed by atoms with van der Waals surface area (Å²) in [5.41, 5.74) is 4.29. The van der Waals surface area contributed by atoms with Crippen molar-refractivity contribution in [3.8, 4) is 22.3 Å². The second kappa shape index (κ2) is 5.57. The summed E-state index contributed by atoms with van der Waals surface area (Å²) in [6.45, 7) is 1.92. The molecular formula is C17H12F3NS. The van der Waals surface area contributed by atoms with Crippen LogP contribution >= 0.6 is 11.3 Å². The molecule has 0 N–H and O–H groups in total. The lowest BCUT2D eigenvalue weighted by Crippen LogP contribution is -2.00. The number of thiophene rings is 1. The van der Waals surface area contributed by atoms with Gasteiger partial charge in [0.15, 0.2) is 0 Å². The van der Waals surface area contributed by atoms with E-state index in [9.17, 15) is 13.2 Å². The molecule has 0 aliphatic rings. The third-order valence-corrected chi connectivity index (χ3v) is 4.47. The van der Waals surface area contributed by atoms with Gasteiger partial charge in [0.2, 0.25) is 0 Å². The van der Waals surface area contributed by atoms with Gasteiger partial charge in [0.1, 0.15) is 4.88 Å². The third-order valence-electron chi connectivity index (χ3n) is 3.50. The first kappa shape index (κ1) is 14.8. The van der Waals surface area contributed by atoms with Crippen LogP contribution in [0.25, 0.3) is 22.3 Å². The average molecular weight is 319 g/mol. The number of aromatic nitrogens is 1. The van der Waals surface area contributed by atoms with E-state index in [1.165, 1.54) is 6.07 Å². The summed E-state index contributed by atoms with van der Waals surface area (Å²) < 4.78 is 38.3. The molecule has 0 fully saturated rings. The predicted molar refractivity (Wildman–Crippen MR) is 82.7 cm³/mol. The van der Waals surface area contributed by atoms with Gasteiger partial charge in [-0.15, -0.1) is 11.3 Å². The van der Waals surface area contributed by atoms with E-state index in [0.717, 1.165) is 33.6 Å². The molecule has 2 heterocycles. The largest absolute Gasteiger partial charge is 0.425 e. The number of benzene rings is 1. The number of alkyl halides is 3. The molecule has 22 heavy (non-hydrogen) atoms. The highest BCUT2D eigenvalue weighted by Crippen LogP contribution is 2.39. The minimum atomic E-state index is -4.29. The van der Waals surface area contributed by atoms with Crippen LogP contribution in [0, 0.1) is 6.92 Å². The minimum absolute atomic E-state index is 0.575. The molecule has 0 amide bonds. The zero-order valence-electron chi connectivity index (χ0n) is 11.7. The summed E-state index contributed by atoms with van der Waals surface area (Å²) in [5, 5.41) is 1.55. The molecule has 0 unspecified atom stereocenters. The topological polar surface area (TPSA) is 12.9 Å². The Balaban J connectivity index is 2.08. The van der Waals surface area contributed by atoms with Crippen LogP contribution in [0.5, 0.6) is 0 Å². The van der Waals surface area contributed by atoms with Gasteiger partial charge in [-0.05, 0) is 46.7 Å². The highest BCUT2D eigenvalue weighted by atomic mass is 32.1. The van der Waals surface area contributed by atoms with Gasteiger partial charge < -0.3 is 0 Å². The fourth-order valence-electron chi connectivity index (χ4n) is 2.41. The first-order valence-electron chi connectivity index (χ1n) is 6.63. The van der Waals surface area contributed by atoms with E-state index in [2.05, 4.69) is 4.98 Å². The number of rotatable bonds is 2. The van der Waals surface area contributed by atoms with E-state index >= 15 is 0 Å². The molecule has 0 atom stereocenters. The fourth-order valence-corrected chi connectivity index (χ4v) is 3.19. The molecule has 3 aromatic rings. The summed E-state index contributed by atoms with van der Waals surface area (Å²) in [7, 11) is 0. The van der Waals surface area contributed by atoms with Crippen LogP contribution in [0.3, 0.4) is 0 Å². The summed E-state index contributed by atoms with van der Waals surface area (Å²) >= 11 is 0.724. The minimum Gasteiger partial charge on any atom is -0.264 e. The first-order chi connectivity index (χ1) is 10.5. The van der Waals surface area contributed by atoms with Crippen molar-refractivity contribution in [2.45, 2.75) is 13.1 Å². The first-order valence-corrected chi connectivity index (χ1v) is 7.51. The Hall–Kier alpha value is -2.14. The van der Waals surface area contributed by atoms with Crippen molar-refractivity contribution in [1.29, 1.82) is 0 Å².